The molecule has 0 aliphatic carbocycles. The van der Waals surface area contributed by atoms with Gasteiger partial charge in [-0.05, 0) is 24.3 Å². The molecule has 2 N–H and O–H groups in total. The van der Waals surface area contributed by atoms with Crippen LogP contribution in [0.3, 0.4) is 0 Å². The van der Waals surface area contributed by atoms with Crippen LogP contribution in [0.25, 0.3) is 0 Å². The molecule has 4 nitrogen and oxygen atoms in total. The maximum Gasteiger partial charge on any atom is 0.322 e. The third kappa shape index (κ3) is 3.06. The molecule has 0 spiro atoms. The number of hydrogen-bond acceptors (Lipinski definition) is 4. The Balaban J connectivity index is 2.25. The van der Waals surface area contributed by atoms with Crippen LogP contribution in [0.1, 0.15) is 5.69 Å². The van der Waals surface area contributed by atoms with Gasteiger partial charge in [-0.15, -0.1) is 0 Å². The first-order valence-corrected chi connectivity index (χ1v) is 5.59. The van der Waals surface area contributed by atoms with E-state index in [9.17, 15) is 0 Å². The number of rotatable bonds is 3. The molecule has 0 fully saturated rings. The van der Waals surface area contributed by atoms with Crippen molar-refractivity contribution in [1.29, 1.82) is 0 Å². The van der Waals surface area contributed by atoms with Crippen LogP contribution in [-0.2, 0) is 6.54 Å². The van der Waals surface area contributed by atoms with Crippen LogP contribution in [0.2, 0.25) is 10.0 Å². The Morgan fingerprint density at radius 1 is 1.24 bits per heavy atom. The quantitative estimate of drug-likeness (QED) is 0.931. The van der Waals surface area contributed by atoms with Crippen LogP contribution >= 0.6 is 23.2 Å². The van der Waals surface area contributed by atoms with E-state index < -0.39 is 0 Å². The van der Waals surface area contributed by atoms with E-state index >= 15 is 0 Å². The molecule has 0 radical (unpaired) electrons. The van der Waals surface area contributed by atoms with Gasteiger partial charge in [0.1, 0.15) is 5.75 Å². The van der Waals surface area contributed by atoms with Gasteiger partial charge >= 0.3 is 6.01 Å². The Hall–Kier alpha value is -1.36. The Kier molecular flexibility index (Phi) is 3.78. The monoisotopic (exact) mass is 269 g/mol. The highest BCUT2D eigenvalue weighted by molar-refractivity contribution is 6.35. The molecular weight excluding hydrogens is 261 g/mol. The normalized spacial score (nSPS) is 10.3. The molecule has 6 heteroatoms. The maximum absolute atomic E-state index is 5.96. The van der Waals surface area contributed by atoms with Gasteiger partial charge in [0.2, 0.25) is 0 Å². The van der Waals surface area contributed by atoms with Crippen molar-refractivity contribution in [1.82, 2.24) is 9.97 Å². The third-order valence-electron chi connectivity index (χ3n) is 2.00. The van der Waals surface area contributed by atoms with Gasteiger partial charge in [0.25, 0.3) is 0 Å². The number of aromatic nitrogens is 2. The van der Waals surface area contributed by atoms with E-state index in [0.29, 0.717) is 28.0 Å². The predicted octanol–water partition coefficient (Wildman–Crippen LogP) is 3.03. The second-order valence-corrected chi connectivity index (χ2v) is 4.06. The topological polar surface area (TPSA) is 61.0 Å². The Bertz CT molecular complexity index is 534. The molecule has 0 atom stereocenters. The molecule has 1 heterocycles. The zero-order valence-electron chi connectivity index (χ0n) is 8.73. The summed E-state index contributed by atoms with van der Waals surface area (Å²) in [6.45, 7) is 0.327. The standard InChI is InChI=1S/C11H9Cl2N3O/c12-7-1-2-10(9(13)5-7)17-11-15-4-3-8(6-14)16-11/h1-5H,6,14H2. The number of halogens is 2. The average Bonchev–Trinajstić information content (AvgIpc) is 2.33. The lowest BCUT2D eigenvalue weighted by molar-refractivity contribution is 0.439. The van der Waals surface area contributed by atoms with Crippen molar-refractivity contribution in [2.45, 2.75) is 6.54 Å². The minimum Gasteiger partial charge on any atom is -0.423 e. The van der Waals surface area contributed by atoms with Crippen LogP contribution in [-0.4, -0.2) is 9.97 Å². The lowest BCUT2D eigenvalue weighted by atomic mass is 10.3. The minimum absolute atomic E-state index is 0.206. The third-order valence-corrected chi connectivity index (χ3v) is 2.53. The summed E-state index contributed by atoms with van der Waals surface area (Å²) in [4.78, 5) is 8.07. The van der Waals surface area contributed by atoms with Crippen LogP contribution in [0.15, 0.2) is 30.5 Å². The van der Waals surface area contributed by atoms with Crippen molar-refractivity contribution in [3.8, 4) is 11.8 Å². The summed E-state index contributed by atoms with van der Waals surface area (Å²) in [6.07, 6.45) is 1.58. The molecule has 0 aliphatic rings. The van der Waals surface area contributed by atoms with Gasteiger partial charge in [0.05, 0.1) is 10.7 Å². The lowest BCUT2D eigenvalue weighted by Gasteiger charge is -2.06. The van der Waals surface area contributed by atoms with E-state index in [1.165, 1.54) is 0 Å². The number of nitrogens with two attached hydrogens (primary N) is 1. The van der Waals surface area contributed by atoms with Gasteiger partial charge in [-0.25, -0.2) is 4.98 Å². The zero-order chi connectivity index (χ0) is 12.3. The molecule has 0 saturated carbocycles. The summed E-state index contributed by atoms with van der Waals surface area (Å²) >= 11 is 11.7. The predicted molar refractivity (Wildman–Crippen MR) is 66.5 cm³/mol. The van der Waals surface area contributed by atoms with E-state index in [1.807, 2.05) is 0 Å². The number of benzene rings is 1. The lowest BCUT2D eigenvalue weighted by Crippen LogP contribution is -2.01. The van der Waals surface area contributed by atoms with E-state index in [1.54, 1.807) is 30.5 Å². The molecule has 1 aromatic heterocycles. The average molecular weight is 270 g/mol. The van der Waals surface area contributed by atoms with E-state index in [4.69, 9.17) is 33.7 Å². The minimum atomic E-state index is 0.206. The summed E-state index contributed by atoms with van der Waals surface area (Å²) in [7, 11) is 0. The molecule has 88 valence electrons. The molecule has 0 amide bonds. The number of hydrogen-bond donors (Lipinski definition) is 1. The highest BCUT2D eigenvalue weighted by Gasteiger charge is 2.06. The second kappa shape index (κ2) is 5.31. The van der Waals surface area contributed by atoms with Crippen molar-refractivity contribution in [2.75, 3.05) is 0 Å². The van der Waals surface area contributed by atoms with Crippen molar-refractivity contribution < 1.29 is 4.74 Å². The molecule has 2 rings (SSSR count). The zero-order valence-corrected chi connectivity index (χ0v) is 10.2. The van der Waals surface area contributed by atoms with Gasteiger partial charge in [-0.3, -0.25) is 0 Å². The SMILES string of the molecule is NCc1ccnc(Oc2ccc(Cl)cc2Cl)n1. The van der Waals surface area contributed by atoms with Crippen molar-refractivity contribution in [3.05, 3.63) is 46.2 Å². The second-order valence-electron chi connectivity index (χ2n) is 3.21. The first-order chi connectivity index (χ1) is 8.19. The molecule has 2 aromatic rings. The fraction of sp³-hybridized carbons (Fsp3) is 0.0909. The largest absolute Gasteiger partial charge is 0.423 e. The van der Waals surface area contributed by atoms with Crippen LogP contribution in [0.4, 0.5) is 0 Å². The summed E-state index contributed by atoms with van der Waals surface area (Å²) in [5, 5.41) is 0.943. The van der Waals surface area contributed by atoms with Crippen LogP contribution in [0, 0.1) is 0 Å². The van der Waals surface area contributed by atoms with Crippen LogP contribution in [0.5, 0.6) is 11.8 Å². The first kappa shape index (κ1) is 12.1. The van der Waals surface area contributed by atoms with E-state index in [2.05, 4.69) is 9.97 Å². The summed E-state index contributed by atoms with van der Waals surface area (Å²) < 4.78 is 5.44. The van der Waals surface area contributed by atoms with Gasteiger partial charge < -0.3 is 10.5 Å². The summed E-state index contributed by atoms with van der Waals surface area (Å²) in [6, 6.07) is 6.84. The molecule has 1 aromatic carbocycles. The smallest absolute Gasteiger partial charge is 0.322 e. The van der Waals surface area contributed by atoms with E-state index in [-0.39, 0.29) is 6.01 Å². The van der Waals surface area contributed by atoms with Crippen molar-refractivity contribution in [3.63, 3.8) is 0 Å². The van der Waals surface area contributed by atoms with Gasteiger partial charge in [0.15, 0.2) is 0 Å². The number of ether oxygens (including phenoxy) is 1. The van der Waals surface area contributed by atoms with Crippen molar-refractivity contribution in [2.24, 2.45) is 5.73 Å². The summed E-state index contributed by atoms with van der Waals surface area (Å²) in [5.74, 6) is 0.449. The summed E-state index contributed by atoms with van der Waals surface area (Å²) in [5.41, 5.74) is 6.17. The van der Waals surface area contributed by atoms with Gasteiger partial charge in [-0.2, -0.15) is 4.98 Å². The van der Waals surface area contributed by atoms with Crippen LogP contribution < -0.4 is 10.5 Å². The number of nitrogens with zero attached hydrogens (tertiary/aromatic N) is 2. The highest BCUT2D eigenvalue weighted by atomic mass is 35.5. The molecule has 0 aliphatic heterocycles. The van der Waals surface area contributed by atoms with Crippen molar-refractivity contribution >= 4 is 23.2 Å². The first-order valence-electron chi connectivity index (χ1n) is 4.84. The highest BCUT2D eigenvalue weighted by Crippen LogP contribution is 2.30. The molecule has 17 heavy (non-hydrogen) atoms. The molecule has 0 unspecified atom stereocenters. The van der Waals surface area contributed by atoms with Gasteiger partial charge in [-0.1, -0.05) is 23.2 Å². The van der Waals surface area contributed by atoms with Gasteiger partial charge in [0, 0.05) is 17.8 Å². The Morgan fingerprint density at radius 3 is 2.76 bits per heavy atom. The Labute approximate surface area is 108 Å². The Morgan fingerprint density at radius 2 is 2.06 bits per heavy atom. The molecular formula is C11H9Cl2N3O. The maximum atomic E-state index is 5.96. The van der Waals surface area contributed by atoms with E-state index in [0.717, 1.165) is 0 Å². The molecule has 0 bridgehead atoms. The molecule has 0 saturated heterocycles. The fourth-order valence-corrected chi connectivity index (χ4v) is 1.64. The fourth-order valence-electron chi connectivity index (χ4n) is 1.20.